The summed E-state index contributed by atoms with van der Waals surface area (Å²) in [6, 6.07) is 0. The Balaban J connectivity index is 2.13. The first-order valence-electron chi connectivity index (χ1n) is 8.30. The average molecular weight is 299 g/mol. The van der Waals surface area contributed by atoms with Gasteiger partial charge in [-0.05, 0) is 46.6 Å². The zero-order chi connectivity index (χ0) is 15.9. The smallest absolute Gasteiger partial charge is 0.239 e. The number of unbranched alkanes of at least 4 members (excludes halogenated alkanes) is 1. The molecule has 21 heavy (non-hydrogen) atoms. The fourth-order valence-electron chi connectivity index (χ4n) is 2.96. The van der Waals surface area contributed by atoms with Gasteiger partial charge in [0.15, 0.2) is 0 Å². The van der Waals surface area contributed by atoms with Crippen molar-refractivity contribution in [2.45, 2.75) is 71.1 Å². The van der Waals surface area contributed by atoms with Crippen molar-refractivity contribution in [2.75, 3.05) is 26.2 Å². The maximum atomic E-state index is 11.9. The Labute approximate surface area is 129 Å². The monoisotopic (exact) mass is 299 g/mol. The van der Waals surface area contributed by atoms with Gasteiger partial charge < -0.3 is 15.8 Å². The topological polar surface area (TPSA) is 67.6 Å². The zero-order valence-electron chi connectivity index (χ0n) is 14.2. The molecule has 0 saturated carbocycles. The Bertz CT molecular complexity index is 311. The predicted molar refractivity (Wildman–Crippen MR) is 86.2 cm³/mol. The van der Waals surface area contributed by atoms with Gasteiger partial charge in [0, 0.05) is 19.6 Å². The number of morpholine rings is 1. The van der Waals surface area contributed by atoms with E-state index in [1.807, 2.05) is 13.8 Å². The van der Waals surface area contributed by atoms with E-state index in [4.69, 9.17) is 10.5 Å². The summed E-state index contributed by atoms with van der Waals surface area (Å²) in [7, 11) is 0. The van der Waals surface area contributed by atoms with E-state index in [1.54, 1.807) is 0 Å². The van der Waals surface area contributed by atoms with Gasteiger partial charge in [0.25, 0.3) is 0 Å². The van der Waals surface area contributed by atoms with Gasteiger partial charge in [-0.2, -0.15) is 0 Å². The van der Waals surface area contributed by atoms with Gasteiger partial charge in [0.1, 0.15) is 0 Å². The molecule has 5 nitrogen and oxygen atoms in total. The summed E-state index contributed by atoms with van der Waals surface area (Å²) in [4.78, 5) is 14.4. The van der Waals surface area contributed by atoms with Gasteiger partial charge in [0.05, 0.1) is 17.7 Å². The summed E-state index contributed by atoms with van der Waals surface area (Å²) in [6.45, 7) is 11.9. The number of nitrogens with zero attached hydrogens (tertiary/aromatic N) is 1. The van der Waals surface area contributed by atoms with Gasteiger partial charge in [-0.3, -0.25) is 9.69 Å². The minimum absolute atomic E-state index is 0.0297. The molecule has 0 aromatic rings. The molecule has 0 radical (unpaired) electrons. The molecule has 1 rings (SSSR count). The van der Waals surface area contributed by atoms with E-state index >= 15 is 0 Å². The van der Waals surface area contributed by atoms with Gasteiger partial charge >= 0.3 is 0 Å². The van der Waals surface area contributed by atoms with E-state index in [9.17, 15) is 4.79 Å². The molecule has 1 aliphatic rings. The van der Waals surface area contributed by atoms with Crippen LogP contribution in [0.25, 0.3) is 0 Å². The highest BCUT2D eigenvalue weighted by atomic mass is 16.5. The second kappa shape index (κ2) is 8.71. The quantitative estimate of drug-likeness (QED) is 0.667. The highest BCUT2D eigenvalue weighted by Gasteiger charge is 2.26. The molecule has 0 spiro atoms. The van der Waals surface area contributed by atoms with Gasteiger partial charge in [-0.25, -0.2) is 0 Å². The largest absolute Gasteiger partial charge is 0.373 e. The number of hydrogen-bond donors (Lipinski definition) is 2. The number of rotatable bonds is 8. The number of nitrogens with one attached hydrogen (secondary N) is 1. The van der Waals surface area contributed by atoms with E-state index in [0.29, 0.717) is 18.8 Å². The molecule has 3 unspecified atom stereocenters. The lowest BCUT2D eigenvalue weighted by Crippen LogP contribution is -2.51. The number of carbonyl (C=O) groups excluding carboxylic acids is 1. The Hall–Kier alpha value is -0.650. The number of carbonyl (C=O) groups is 1. The second-order valence-corrected chi connectivity index (χ2v) is 6.65. The minimum Gasteiger partial charge on any atom is -0.373 e. The predicted octanol–water partition coefficient (Wildman–Crippen LogP) is 1.51. The van der Waals surface area contributed by atoms with Crippen LogP contribution in [0.2, 0.25) is 0 Å². The van der Waals surface area contributed by atoms with Crippen molar-refractivity contribution < 1.29 is 9.53 Å². The van der Waals surface area contributed by atoms with Crippen LogP contribution in [-0.2, 0) is 9.53 Å². The molecular formula is C16H33N3O2. The number of amides is 1. The summed E-state index contributed by atoms with van der Waals surface area (Å²) >= 11 is 0. The molecule has 3 atom stereocenters. The Morgan fingerprint density at radius 3 is 2.52 bits per heavy atom. The van der Waals surface area contributed by atoms with E-state index in [0.717, 1.165) is 45.3 Å². The highest BCUT2D eigenvalue weighted by Crippen LogP contribution is 2.11. The van der Waals surface area contributed by atoms with Crippen molar-refractivity contribution in [3.05, 3.63) is 0 Å². The van der Waals surface area contributed by atoms with E-state index in [2.05, 4.69) is 24.1 Å². The molecular weight excluding hydrogens is 266 g/mol. The third kappa shape index (κ3) is 6.76. The SMILES string of the molecule is CCCC(C)(N)C(=O)NCCCCN1CC(C)OC(C)C1. The molecule has 1 fully saturated rings. The molecule has 1 amide bonds. The van der Waals surface area contributed by atoms with Crippen LogP contribution in [0.3, 0.4) is 0 Å². The van der Waals surface area contributed by atoms with Crippen molar-refractivity contribution in [2.24, 2.45) is 5.73 Å². The molecule has 1 saturated heterocycles. The van der Waals surface area contributed by atoms with Crippen LogP contribution in [-0.4, -0.2) is 54.7 Å². The maximum absolute atomic E-state index is 11.9. The van der Waals surface area contributed by atoms with Crippen LogP contribution in [0.15, 0.2) is 0 Å². The van der Waals surface area contributed by atoms with Gasteiger partial charge in [-0.15, -0.1) is 0 Å². The van der Waals surface area contributed by atoms with Crippen molar-refractivity contribution >= 4 is 5.91 Å². The van der Waals surface area contributed by atoms with Crippen LogP contribution >= 0.6 is 0 Å². The van der Waals surface area contributed by atoms with Crippen LogP contribution in [0.1, 0.15) is 53.4 Å². The molecule has 0 bridgehead atoms. The van der Waals surface area contributed by atoms with Crippen molar-refractivity contribution in [1.82, 2.24) is 10.2 Å². The van der Waals surface area contributed by atoms with E-state index < -0.39 is 5.54 Å². The first-order chi connectivity index (χ1) is 9.85. The normalized spacial score (nSPS) is 26.3. The lowest BCUT2D eigenvalue weighted by atomic mass is 9.96. The second-order valence-electron chi connectivity index (χ2n) is 6.65. The lowest BCUT2D eigenvalue weighted by Gasteiger charge is -2.35. The van der Waals surface area contributed by atoms with Crippen molar-refractivity contribution in [1.29, 1.82) is 0 Å². The summed E-state index contributed by atoms with van der Waals surface area (Å²) in [5, 5.41) is 2.96. The van der Waals surface area contributed by atoms with E-state index in [-0.39, 0.29) is 5.91 Å². The first-order valence-corrected chi connectivity index (χ1v) is 8.30. The number of ether oxygens (including phenoxy) is 1. The summed E-state index contributed by atoms with van der Waals surface area (Å²) in [5.41, 5.74) is 5.27. The highest BCUT2D eigenvalue weighted by molar-refractivity contribution is 5.85. The fraction of sp³-hybridized carbons (Fsp3) is 0.938. The Kier molecular flexibility index (Phi) is 7.63. The van der Waals surface area contributed by atoms with Gasteiger partial charge in [0.2, 0.25) is 5.91 Å². The fourth-order valence-corrected chi connectivity index (χ4v) is 2.96. The molecule has 3 N–H and O–H groups in total. The summed E-state index contributed by atoms with van der Waals surface area (Å²) in [5.74, 6) is -0.0297. The number of hydrogen-bond acceptors (Lipinski definition) is 4. The Morgan fingerprint density at radius 1 is 1.33 bits per heavy atom. The molecule has 0 aromatic carbocycles. The molecule has 5 heteroatoms. The third-order valence-electron chi connectivity index (χ3n) is 3.97. The molecule has 1 heterocycles. The molecule has 1 aliphatic heterocycles. The number of nitrogens with two attached hydrogens (primary N) is 1. The first kappa shape index (κ1) is 18.4. The Morgan fingerprint density at radius 2 is 1.95 bits per heavy atom. The molecule has 0 aliphatic carbocycles. The van der Waals surface area contributed by atoms with Crippen molar-refractivity contribution in [3.63, 3.8) is 0 Å². The maximum Gasteiger partial charge on any atom is 0.239 e. The summed E-state index contributed by atoms with van der Waals surface area (Å²) < 4.78 is 5.72. The summed E-state index contributed by atoms with van der Waals surface area (Å²) in [6.07, 6.45) is 4.37. The van der Waals surface area contributed by atoms with Crippen LogP contribution in [0, 0.1) is 0 Å². The third-order valence-corrected chi connectivity index (χ3v) is 3.97. The lowest BCUT2D eigenvalue weighted by molar-refractivity contribution is -0.126. The molecule has 0 aromatic heterocycles. The van der Waals surface area contributed by atoms with Crippen LogP contribution < -0.4 is 11.1 Å². The van der Waals surface area contributed by atoms with Gasteiger partial charge in [-0.1, -0.05) is 13.3 Å². The van der Waals surface area contributed by atoms with Crippen LogP contribution in [0.4, 0.5) is 0 Å². The zero-order valence-corrected chi connectivity index (χ0v) is 14.2. The average Bonchev–Trinajstić information content (AvgIpc) is 2.36. The van der Waals surface area contributed by atoms with Crippen molar-refractivity contribution in [3.8, 4) is 0 Å². The standard InChI is InChI=1S/C16H33N3O2/c1-5-8-16(4,17)15(20)18-9-6-7-10-19-11-13(2)21-14(3)12-19/h13-14H,5-12,17H2,1-4H3,(H,18,20). The molecule has 124 valence electrons. The van der Waals surface area contributed by atoms with E-state index in [1.165, 1.54) is 0 Å². The minimum atomic E-state index is -0.732. The van der Waals surface area contributed by atoms with Crippen LogP contribution in [0.5, 0.6) is 0 Å².